The summed E-state index contributed by atoms with van der Waals surface area (Å²) in [7, 11) is 0. The van der Waals surface area contributed by atoms with Gasteiger partial charge in [-0.1, -0.05) is 19.8 Å². The van der Waals surface area contributed by atoms with Crippen molar-refractivity contribution in [1.82, 2.24) is 0 Å². The molecule has 0 aliphatic heterocycles. The number of hydrogen-bond acceptors (Lipinski definition) is 2. The molecule has 0 bridgehead atoms. The van der Waals surface area contributed by atoms with E-state index in [4.69, 9.17) is 5.73 Å². The molecular weight excluding hydrogens is 243 g/mol. The summed E-state index contributed by atoms with van der Waals surface area (Å²) >= 11 is 0. The minimum atomic E-state index is -0.692. The SMILES string of the molecule is CC1CCCC(Nc2ccc(F)cc2)(C(N)=O)CC1. The maximum absolute atomic E-state index is 12.9. The lowest BCUT2D eigenvalue weighted by Gasteiger charge is -2.31. The predicted octanol–water partition coefficient (Wildman–Crippen LogP) is 3.06. The van der Waals surface area contributed by atoms with Crippen LogP contribution in [0.2, 0.25) is 0 Å². The van der Waals surface area contributed by atoms with E-state index < -0.39 is 5.54 Å². The second-order valence-electron chi connectivity index (χ2n) is 5.61. The summed E-state index contributed by atoms with van der Waals surface area (Å²) in [6.45, 7) is 2.20. The van der Waals surface area contributed by atoms with Crippen molar-refractivity contribution < 1.29 is 9.18 Å². The Kier molecular flexibility index (Phi) is 4.08. The maximum Gasteiger partial charge on any atom is 0.243 e. The standard InChI is InChI=1S/C15H21FN2O/c1-11-3-2-9-15(10-8-11,14(17)19)18-13-6-4-12(16)5-7-13/h4-7,11,18H,2-3,8-10H2,1H3,(H2,17,19). The number of hydrogen-bond donors (Lipinski definition) is 2. The van der Waals surface area contributed by atoms with E-state index in [1.165, 1.54) is 12.1 Å². The Balaban J connectivity index is 2.19. The van der Waals surface area contributed by atoms with Gasteiger partial charge in [0.25, 0.3) is 0 Å². The van der Waals surface area contributed by atoms with Crippen LogP contribution in [0.4, 0.5) is 10.1 Å². The van der Waals surface area contributed by atoms with E-state index in [0.717, 1.165) is 37.8 Å². The Bertz CT molecular complexity index is 446. The van der Waals surface area contributed by atoms with Gasteiger partial charge in [-0.3, -0.25) is 4.79 Å². The minimum absolute atomic E-state index is 0.284. The average molecular weight is 264 g/mol. The zero-order chi connectivity index (χ0) is 13.9. The van der Waals surface area contributed by atoms with E-state index in [9.17, 15) is 9.18 Å². The first kappa shape index (κ1) is 13.8. The normalized spacial score (nSPS) is 27.6. The summed E-state index contributed by atoms with van der Waals surface area (Å²) in [6, 6.07) is 6.06. The molecule has 1 amide bonds. The highest BCUT2D eigenvalue weighted by Gasteiger charge is 2.37. The smallest absolute Gasteiger partial charge is 0.243 e. The summed E-state index contributed by atoms with van der Waals surface area (Å²) in [4.78, 5) is 11.9. The van der Waals surface area contributed by atoms with E-state index in [0.29, 0.717) is 5.92 Å². The molecule has 1 aromatic rings. The van der Waals surface area contributed by atoms with Crippen LogP contribution in [0.1, 0.15) is 39.0 Å². The molecule has 1 aliphatic rings. The van der Waals surface area contributed by atoms with Crippen LogP contribution in [0.15, 0.2) is 24.3 Å². The molecule has 3 nitrogen and oxygen atoms in total. The fourth-order valence-electron chi connectivity index (χ4n) is 2.76. The minimum Gasteiger partial charge on any atom is -0.371 e. The monoisotopic (exact) mass is 264 g/mol. The highest BCUT2D eigenvalue weighted by molar-refractivity contribution is 5.88. The number of nitrogens with one attached hydrogen (secondary N) is 1. The first-order valence-electron chi connectivity index (χ1n) is 6.85. The first-order valence-corrected chi connectivity index (χ1v) is 6.85. The summed E-state index contributed by atoms with van der Waals surface area (Å²) < 4.78 is 12.9. The lowest BCUT2D eigenvalue weighted by atomic mass is 9.88. The van der Waals surface area contributed by atoms with Gasteiger partial charge in [-0.15, -0.1) is 0 Å². The molecular formula is C15H21FN2O. The predicted molar refractivity (Wildman–Crippen MR) is 74.2 cm³/mol. The van der Waals surface area contributed by atoms with Gasteiger partial charge in [0.05, 0.1) is 0 Å². The van der Waals surface area contributed by atoms with E-state index in [1.54, 1.807) is 12.1 Å². The van der Waals surface area contributed by atoms with Crippen LogP contribution >= 0.6 is 0 Å². The molecule has 0 spiro atoms. The van der Waals surface area contributed by atoms with Gasteiger partial charge in [-0.2, -0.15) is 0 Å². The third-order valence-corrected chi connectivity index (χ3v) is 4.06. The van der Waals surface area contributed by atoms with Crippen molar-refractivity contribution >= 4 is 11.6 Å². The summed E-state index contributed by atoms with van der Waals surface area (Å²) in [5.41, 5.74) is 5.67. The zero-order valence-corrected chi connectivity index (χ0v) is 11.3. The number of halogens is 1. The molecule has 3 N–H and O–H groups in total. The third-order valence-electron chi connectivity index (χ3n) is 4.06. The summed E-state index contributed by atoms with van der Waals surface area (Å²) in [5.74, 6) is 0.0235. The number of amides is 1. The Morgan fingerprint density at radius 3 is 2.63 bits per heavy atom. The molecule has 4 heteroatoms. The van der Waals surface area contributed by atoms with Crippen LogP contribution in [0, 0.1) is 11.7 Å². The molecule has 0 radical (unpaired) electrons. The topological polar surface area (TPSA) is 55.1 Å². The van der Waals surface area contributed by atoms with Crippen molar-refractivity contribution in [3.05, 3.63) is 30.1 Å². The van der Waals surface area contributed by atoms with Gasteiger partial charge < -0.3 is 11.1 Å². The van der Waals surface area contributed by atoms with Crippen LogP contribution in [0.5, 0.6) is 0 Å². The summed E-state index contributed by atoms with van der Waals surface area (Å²) in [5, 5.41) is 3.24. The Morgan fingerprint density at radius 2 is 2.00 bits per heavy atom. The molecule has 0 aromatic heterocycles. The van der Waals surface area contributed by atoms with E-state index in [1.807, 2.05) is 0 Å². The molecule has 104 valence electrons. The molecule has 1 fully saturated rings. The quantitative estimate of drug-likeness (QED) is 0.824. The van der Waals surface area contributed by atoms with Crippen molar-refractivity contribution in [2.24, 2.45) is 11.7 Å². The highest BCUT2D eigenvalue weighted by Crippen LogP contribution is 2.33. The molecule has 1 aliphatic carbocycles. The van der Waals surface area contributed by atoms with Gasteiger partial charge in [0.1, 0.15) is 11.4 Å². The number of nitrogens with two attached hydrogens (primary N) is 1. The number of anilines is 1. The van der Waals surface area contributed by atoms with Crippen molar-refractivity contribution in [3.8, 4) is 0 Å². The van der Waals surface area contributed by atoms with Crippen LogP contribution < -0.4 is 11.1 Å². The Hall–Kier alpha value is -1.58. The van der Waals surface area contributed by atoms with Gasteiger partial charge in [-0.05, 0) is 49.4 Å². The van der Waals surface area contributed by atoms with Crippen LogP contribution in [0.25, 0.3) is 0 Å². The maximum atomic E-state index is 12.9. The van der Waals surface area contributed by atoms with E-state index in [-0.39, 0.29) is 11.7 Å². The number of benzene rings is 1. The highest BCUT2D eigenvalue weighted by atomic mass is 19.1. The molecule has 19 heavy (non-hydrogen) atoms. The van der Waals surface area contributed by atoms with E-state index >= 15 is 0 Å². The zero-order valence-electron chi connectivity index (χ0n) is 11.3. The van der Waals surface area contributed by atoms with Crippen molar-refractivity contribution in [1.29, 1.82) is 0 Å². The van der Waals surface area contributed by atoms with Gasteiger partial charge in [-0.25, -0.2) is 4.39 Å². The number of rotatable bonds is 3. The molecule has 2 rings (SSSR count). The van der Waals surface area contributed by atoms with Gasteiger partial charge in [0.15, 0.2) is 0 Å². The van der Waals surface area contributed by atoms with Crippen molar-refractivity contribution in [2.75, 3.05) is 5.32 Å². The third kappa shape index (κ3) is 3.25. The van der Waals surface area contributed by atoms with Crippen LogP contribution in [-0.4, -0.2) is 11.4 Å². The number of carbonyl (C=O) groups excluding carboxylic acids is 1. The van der Waals surface area contributed by atoms with Gasteiger partial charge >= 0.3 is 0 Å². The lowest BCUT2D eigenvalue weighted by Crippen LogP contribution is -2.50. The lowest BCUT2D eigenvalue weighted by molar-refractivity contribution is -0.122. The van der Waals surface area contributed by atoms with E-state index in [2.05, 4.69) is 12.2 Å². The largest absolute Gasteiger partial charge is 0.371 e. The molecule has 1 aromatic carbocycles. The average Bonchev–Trinajstić information content (AvgIpc) is 2.56. The summed E-state index contributed by atoms with van der Waals surface area (Å²) in [6.07, 6.45) is 4.57. The van der Waals surface area contributed by atoms with Crippen LogP contribution in [0.3, 0.4) is 0 Å². The van der Waals surface area contributed by atoms with Crippen LogP contribution in [-0.2, 0) is 4.79 Å². The first-order chi connectivity index (χ1) is 9.02. The molecule has 1 saturated carbocycles. The number of primary amides is 1. The Morgan fingerprint density at radius 1 is 1.32 bits per heavy atom. The van der Waals surface area contributed by atoms with Gasteiger partial charge in [0, 0.05) is 5.69 Å². The molecule has 0 saturated heterocycles. The second kappa shape index (κ2) is 5.59. The molecule has 2 unspecified atom stereocenters. The molecule has 0 heterocycles. The van der Waals surface area contributed by atoms with Gasteiger partial charge in [0.2, 0.25) is 5.91 Å². The Labute approximate surface area is 113 Å². The fraction of sp³-hybridized carbons (Fsp3) is 0.533. The number of carbonyl (C=O) groups is 1. The van der Waals surface area contributed by atoms with Crippen molar-refractivity contribution in [3.63, 3.8) is 0 Å². The fourth-order valence-corrected chi connectivity index (χ4v) is 2.76. The second-order valence-corrected chi connectivity index (χ2v) is 5.61. The molecule has 2 atom stereocenters. The van der Waals surface area contributed by atoms with Crippen molar-refractivity contribution in [2.45, 2.75) is 44.6 Å².